The molecule has 9 aromatic rings. The molecule has 0 radical (unpaired) electrons. The summed E-state index contributed by atoms with van der Waals surface area (Å²) in [5.41, 5.74) is 13.4. The second-order valence-corrected chi connectivity index (χ2v) is 15.6. The van der Waals surface area contributed by atoms with Crippen LogP contribution >= 0.6 is 0 Å². The van der Waals surface area contributed by atoms with E-state index in [-0.39, 0.29) is 11.6 Å². The minimum absolute atomic E-state index is 0.136. The molecule has 1 N–H and O–H groups in total. The largest absolute Gasteiger partial charge is 0.344 e. The SMILES string of the molecule is CC1(C)c2ccccc2-c2cc3c(-c4cc(C5=NC(c6cccc7ccccc67)NC(c6ccccc6)=N5)c5ccccc5c4)cc(-c4ccccc4)nc3cc21. The second-order valence-electron chi connectivity index (χ2n) is 15.6. The van der Waals surface area contributed by atoms with E-state index >= 15 is 0 Å². The van der Waals surface area contributed by atoms with E-state index in [1.807, 2.05) is 6.07 Å². The van der Waals surface area contributed by atoms with Crippen LogP contribution in [-0.2, 0) is 5.41 Å². The van der Waals surface area contributed by atoms with Gasteiger partial charge in [0, 0.05) is 33.1 Å². The topological polar surface area (TPSA) is 49.6 Å². The average Bonchev–Trinajstić information content (AvgIpc) is 3.49. The van der Waals surface area contributed by atoms with Gasteiger partial charge in [0.05, 0.1) is 11.2 Å². The molecule has 0 saturated carbocycles. The first-order valence-electron chi connectivity index (χ1n) is 19.6. The number of fused-ring (bicyclic) bond motifs is 6. The summed E-state index contributed by atoms with van der Waals surface area (Å²) in [6.07, 6.45) is -0.348. The normalized spacial score (nSPS) is 15.5. The van der Waals surface area contributed by atoms with Crippen molar-refractivity contribution in [1.82, 2.24) is 10.3 Å². The van der Waals surface area contributed by atoms with E-state index in [2.05, 4.69) is 195 Å². The van der Waals surface area contributed by atoms with Gasteiger partial charge in [-0.3, -0.25) is 0 Å². The summed E-state index contributed by atoms with van der Waals surface area (Å²) in [5, 5.41) is 9.42. The van der Waals surface area contributed by atoms with Gasteiger partial charge in [-0.05, 0) is 85.3 Å². The van der Waals surface area contributed by atoms with Gasteiger partial charge in [-0.2, -0.15) is 0 Å². The summed E-state index contributed by atoms with van der Waals surface area (Å²) in [6, 6.07) is 64.9. The highest BCUT2D eigenvalue weighted by atomic mass is 15.2. The molecule has 11 rings (SSSR count). The predicted molar refractivity (Wildman–Crippen MR) is 237 cm³/mol. The van der Waals surface area contributed by atoms with Crippen LogP contribution in [0.2, 0.25) is 0 Å². The second kappa shape index (κ2) is 13.0. The summed E-state index contributed by atoms with van der Waals surface area (Å²) in [4.78, 5) is 16.1. The fourth-order valence-electron chi connectivity index (χ4n) is 9.03. The molecule has 4 heteroatoms. The Labute approximate surface area is 332 Å². The van der Waals surface area contributed by atoms with Crippen LogP contribution in [0, 0.1) is 0 Å². The van der Waals surface area contributed by atoms with Gasteiger partial charge in [0.2, 0.25) is 0 Å². The van der Waals surface area contributed by atoms with E-state index in [1.165, 1.54) is 33.0 Å². The zero-order valence-electron chi connectivity index (χ0n) is 31.7. The molecule has 2 heterocycles. The maximum absolute atomic E-state index is 5.45. The number of nitrogens with zero attached hydrogens (tertiary/aromatic N) is 3. The molecular weight excluding hydrogens is 693 g/mol. The van der Waals surface area contributed by atoms with Crippen LogP contribution in [0.15, 0.2) is 192 Å². The first-order valence-corrected chi connectivity index (χ1v) is 19.6. The van der Waals surface area contributed by atoms with Crippen LogP contribution in [0.5, 0.6) is 0 Å². The van der Waals surface area contributed by atoms with Crippen LogP contribution in [0.1, 0.15) is 47.8 Å². The molecule has 1 atom stereocenters. The smallest absolute Gasteiger partial charge is 0.160 e. The maximum atomic E-state index is 5.45. The minimum Gasteiger partial charge on any atom is -0.344 e. The quantitative estimate of drug-likeness (QED) is 0.192. The number of pyridine rings is 1. The molecule has 0 saturated heterocycles. The standard InChI is InChI=1S/C53H38N4/c1-53(2)46-27-14-13-25-40(46)43-30-44-42(31-48(34-17-5-3-6-18-34)54-49(44)32-47(43)53)37-28-36-21-10-12-24-39(36)45(29-37)52-56-50(35-19-7-4-8-20-35)55-51(57-52)41-26-15-22-33-16-9-11-23-38(33)41/h3-32,51H,1-2H3,(H,55,56,57). The van der Waals surface area contributed by atoms with E-state index in [0.717, 1.165) is 66.6 Å². The van der Waals surface area contributed by atoms with E-state index < -0.39 is 0 Å². The predicted octanol–water partition coefficient (Wildman–Crippen LogP) is 12.7. The van der Waals surface area contributed by atoms with Crippen molar-refractivity contribution in [2.75, 3.05) is 0 Å². The van der Waals surface area contributed by atoms with Crippen molar-refractivity contribution in [3.63, 3.8) is 0 Å². The van der Waals surface area contributed by atoms with E-state index in [0.29, 0.717) is 5.84 Å². The Morgan fingerprint density at radius 2 is 1.16 bits per heavy atom. The highest BCUT2D eigenvalue weighted by Crippen LogP contribution is 2.50. The van der Waals surface area contributed by atoms with Crippen molar-refractivity contribution in [2.45, 2.75) is 25.4 Å². The molecule has 1 aliphatic carbocycles. The number of aromatic nitrogens is 1. The Balaban J connectivity index is 1.17. The lowest BCUT2D eigenvalue weighted by atomic mass is 9.82. The monoisotopic (exact) mass is 730 g/mol. The van der Waals surface area contributed by atoms with E-state index in [1.54, 1.807) is 0 Å². The zero-order chi connectivity index (χ0) is 38.1. The zero-order valence-corrected chi connectivity index (χ0v) is 31.7. The molecule has 1 aromatic heterocycles. The van der Waals surface area contributed by atoms with Crippen LogP contribution < -0.4 is 5.32 Å². The summed E-state index contributed by atoms with van der Waals surface area (Å²) < 4.78 is 0. The van der Waals surface area contributed by atoms with Crippen molar-refractivity contribution >= 4 is 44.1 Å². The molecule has 2 aliphatic rings. The van der Waals surface area contributed by atoms with Gasteiger partial charge in [-0.15, -0.1) is 0 Å². The van der Waals surface area contributed by atoms with Crippen molar-refractivity contribution in [2.24, 2.45) is 9.98 Å². The molecule has 270 valence electrons. The van der Waals surface area contributed by atoms with Crippen LogP contribution in [0.3, 0.4) is 0 Å². The Morgan fingerprint density at radius 1 is 0.474 bits per heavy atom. The van der Waals surface area contributed by atoms with Crippen LogP contribution in [0.4, 0.5) is 0 Å². The van der Waals surface area contributed by atoms with Crippen LogP contribution in [-0.4, -0.2) is 16.7 Å². The molecule has 1 aliphatic heterocycles. The minimum atomic E-state index is -0.348. The summed E-state index contributed by atoms with van der Waals surface area (Å²) in [6.45, 7) is 4.66. The third-order valence-electron chi connectivity index (χ3n) is 11.9. The molecule has 8 aromatic carbocycles. The Morgan fingerprint density at radius 3 is 1.98 bits per heavy atom. The van der Waals surface area contributed by atoms with Crippen molar-refractivity contribution in [1.29, 1.82) is 0 Å². The van der Waals surface area contributed by atoms with Crippen molar-refractivity contribution < 1.29 is 0 Å². The number of benzene rings is 8. The Hall–Kier alpha value is -7.17. The van der Waals surface area contributed by atoms with Gasteiger partial charge in [0.25, 0.3) is 0 Å². The number of rotatable bonds is 5. The molecule has 4 nitrogen and oxygen atoms in total. The first-order chi connectivity index (χ1) is 28.0. The molecule has 57 heavy (non-hydrogen) atoms. The fourth-order valence-corrected chi connectivity index (χ4v) is 9.03. The van der Waals surface area contributed by atoms with Crippen molar-refractivity contribution in [3.05, 3.63) is 210 Å². The van der Waals surface area contributed by atoms with E-state index in [4.69, 9.17) is 15.0 Å². The fraction of sp³-hybridized carbons (Fsp3) is 0.0755. The third-order valence-corrected chi connectivity index (χ3v) is 11.9. The van der Waals surface area contributed by atoms with E-state index in [9.17, 15) is 0 Å². The molecule has 0 bridgehead atoms. The Kier molecular flexibility index (Phi) is 7.55. The maximum Gasteiger partial charge on any atom is 0.160 e. The summed E-state index contributed by atoms with van der Waals surface area (Å²) in [7, 11) is 0. The molecule has 0 fully saturated rings. The van der Waals surface area contributed by atoms with Crippen LogP contribution in [0.25, 0.3) is 66.0 Å². The molecule has 0 spiro atoms. The molecule has 1 unspecified atom stereocenters. The first kappa shape index (κ1) is 33.2. The number of nitrogens with one attached hydrogen (secondary N) is 1. The lowest BCUT2D eigenvalue weighted by Gasteiger charge is -2.25. The average molecular weight is 731 g/mol. The van der Waals surface area contributed by atoms with Gasteiger partial charge in [-0.25, -0.2) is 15.0 Å². The number of hydrogen-bond acceptors (Lipinski definition) is 4. The molecular formula is C53H38N4. The molecule has 0 amide bonds. The lowest BCUT2D eigenvalue weighted by Crippen LogP contribution is -2.33. The van der Waals surface area contributed by atoms with Gasteiger partial charge in [0.15, 0.2) is 5.84 Å². The van der Waals surface area contributed by atoms with Gasteiger partial charge >= 0.3 is 0 Å². The van der Waals surface area contributed by atoms with Gasteiger partial charge in [-0.1, -0.05) is 166 Å². The summed E-state index contributed by atoms with van der Waals surface area (Å²) >= 11 is 0. The number of amidine groups is 2. The third kappa shape index (κ3) is 5.48. The highest BCUT2D eigenvalue weighted by molar-refractivity contribution is 6.19. The van der Waals surface area contributed by atoms with Crippen molar-refractivity contribution in [3.8, 4) is 33.5 Å². The van der Waals surface area contributed by atoms with Gasteiger partial charge in [0.1, 0.15) is 12.0 Å². The van der Waals surface area contributed by atoms with Gasteiger partial charge < -0.3 is 5.32 Å². The summed E-state index contributed by atoms with van der Waals surface area (Å²) in [5.74, 6) is 1.49. The number of hydrogen-bond donors (Lipinski definition) is 1. The number of aliphatic imine (C=N–C) groups is 2. The lowest BCUT2D eigenvalue weighted by molar-refractivity contribution is 0.661. The highest BCUT2D eigenvalue weighted by Gasteiger charge is 2.36. The Bertz CT molecular complexity index is 3120.